The molecule has 0 aromatic carbocycles. The number of ether oxygens (including phenoxy) is 1. The summed E-state index contributed by atoms with van der Waals surface area (Å²) in [6.07, 6.45) is -0.220. The molecule has 0 aliphatic carbocycles. The molecular formula is C14H14F3NO2. The van der Waals surface area contributed by atoms with Crippen molar-refractivity contribution in [1.82, 2.24) is 4.98 Å². The van der Waals surface area contributed by atoms with Crippen molar-refractivity contribution in [2.45, 2.75) is 44.1 Å². The maximum atomic E-state index is 12.4. The minimum absolute atomic E-state index is 0.115. The minimum Gasteiger partial charge on any atom is -0.375 e. The summed E-state index contributed by atoms with van der Waals surface area (Å²) in [5.41, 5.74) is -0.717. The third-order valence-corrected chi connectivity index (χ3v) is 4.00. The van der Waals surface area contributed by atoms with Gasteiger partial charge < -0.3 is 4.74 Å². The molecule has 0 saturated carbocycles. The molecule has 2 saturated heterocycles. The van der Waals surface area contributed by atoms with Gasteiger partial charge in [0.15, 0.2) is 5.78 Å². The zero-order chi connectivity index (χ0) is 14.3. The number of halogens is 3. The van der Waals surface area contributed by atoms with Gasteiger partial charge >= 0.3 is 6.18 Å². The first-order valence-electron chi connectivity index (χ1n) is 6.66. The third kappa shape index (κ3) is 2.57. The van der Waals surface area contributed by atoms with Gasteiger partial charge in [0.1, 0.15) is 5.69 Å². The minimum atomic E-state index is -4.42. The molecule has 1 aromatic rings. The molecule has 0 spiro atoms. The van der Waals surface area contributed by atoms with Crippen molar-refractivity contribution in [3.8, 4) is 0 Å². The fraction of sp³-hybridized carbons (Fsp3) is 0.571. The summed E-state index contributed by atoms with van der Waals surface area (Å²) in [4.78, 5) is 16.0. The molecule has 3 heterocycles. The zero-order valence-electron chi connectivity index (χ0n) is 10.7. The monoisotopic (exact) mass is 285 g/mol. The maximum absolute atomic E-state index is 12.4. The molecule has 3 rings (SSSR count). The van der Waals surface area contributed by atoms with Crippen LogP contribution in [0.15, 0.2) is 18.3 Å². The standard InChI is InChI=1S/C14H14F3NO2/c15-14(16,17)9-1-4-12(18-7-9)13(19)8-5-10-2-3-11(6-8)20-10/h1,4,7-8,10-11H,2-3,5-6H2. The van der Waals surface area contributed by atoms with E-state index in [1.54, 1.807) is 0 Å². The van der Waals surface area contributed by atoms with Crippen LogP contribution >= 0.6 is 0 Å². The average Bonchev–Trinajstić information content (AvgIpc) is 2.76. The topological polar surface area (TPSA) is 39.2 Å². The molecule has 20 heavy (non-hydrogen) atoms. The Kier molecular flexibility index (Phi) is 3.28. The number of rotatable bonds is 2. The molecule has 0 radical (unpaired) electrons. The summed E-state index contributed by atoms with van der Waals surface area (Å²) < 4.78 is 43.0. The molecule has 1 aromatic heterocycles. The van der Waals surface area contributed by atoms with E-state index in [-0.39, 0.29) is 29.6 Å². The van der Waals surface area contributed by atoms with Gasteiger partial charge in [-0.05, 0) is 37.8 Å². The predicted octanol–water partition coefficient (Wildman–Crippen LogP) is 3.24. The predicted molar refractivity (Wildman–Crippen MR) is 64.2 cm³/mol. The van der Waals surface area contributed by atoms with E-state index in [9.17, 15) is 18.0 Å². The molecule has 6 heteroatoms. The number of pyridine rings is 1. The van der Waals surface area contributed by atoms with Gasteiger partial charge in [-0.15, -0.1) is 0 Å². The quantitative estimate of drug-likeness (QED) is 0.783. The third-order valence-electron chi connectivity index (χ3n) is 4.00. The molecule has 2 aliphatic rings. The van der Waals surface area contributed by atoms with Gasteiger partial charge in [0.2, 0.25) is 0 Å². The van der Waals surface area contributed by atoms with Crippen LogP contribution in [0.25, 0.3) is 0 Å². The molecule has 2 atom stereocenters. The molecule has 0 N–H and O–H groups in total. The number of aromatic nitrogens is 1. The number of nitrogens with zero attached hydrogens (tertiary/aromatic N) is 1. The van der Waals surface area contributed by atoms with E-state index in [1.165, 1.54) is 6.07 Å². The molecule has 0 amide bonds. The molecule has 108 valence electrons. The Morgan fingerprint density at radius 1 is 1.20 bits per heavy atom. The van der Waals surface area contributed by atoms with Crippen molar-refractivity contribution in [3.63, 3.8) is 0 Å². The van der Waals surface area contributed by atoms with Gasteiger partial charge in [-0.25, -0.2) is 0 Å². The van der Waals surface area contributed by atoms with Gasteiger partial charge in [0, 0.05) is 12.1 Å². The fourth-order valence-corrected chi connectivity index (χ4v) is 2.99. The second-order valence-electron chi connectivity index (χ2n) is 5.42. The second-order valence-corrected chi connectivity index (χ2v) is 5.42. The van der Waals surface area contributed by atoms with E-state index in [1.807, 2.05) is 0 Å². The van der Waals surface area contributed by atoms with Gasteiger partial charge in [-0.1, -0.05) is 0 Å². The van der Waals surface area contributed by atoms with Crippen LogP contribution in [-0.2, 0) is 10.9 Å². The number of fused-ring (bicyclic) bond motifs is 2. The first kappa shape index (κ1) is 13.5. The van der Waals surface area contributed by atoms with E-state index < -0.39 is 11.7 Å². The Balaban J connectivity index is 1.74. The lowest BCUT2D eigenvalue weighted by Gasteiger charge is -2.27. The van der Waals surface area contributed by atoms with Crippen molar-refractivity contribution < 1.29 is 22.7 Å². The van der Waals surface area contributed by atoms with E-state index in [0.717, 1.165) is 25.1 Å². The first-order valence-corrected chi connectivity index (χ1v) is 6.66. The highest BCUT2D eigenvalue weighted by molar-refractivity contribution is 5.96. The fourth-order valence-electron chi connectivity index (χ4n) is 2.99. The number of hydrogen-bond acceptors (Lipinski definition) is 3. The number of carbonyl (C=O) groups excluding carboxylic acids is 1. The first-order chi connectivity index (χ1) is 9.43. The number of ketones is 1. The molecule has 2 fully saturated rings. The summed E-state index contributed by atoms with van der Waals surface area (Å²) in [7, 11) is 0. The molecule has 2 unspecified atom stereocenters. The molecule has 2 bridgehead atoms. The average molecular weight is 285 g/mol. The number of hydrogen-bond donors (Lipinski definition) is 0. The molecule has 2 aliphatic heterocycles. The second kappa shape index (κ2) is 4.84. The Labute approximate surface area is 114 Å². The Bertz CT molecular complexity index is 500. The van der Waals surface area contributed by atoms with Crippen LogP contribution in [0.4, 0.5) is 13.2 Å². The largest absolute Gasteiger partial charge is 0.417 e. The van der Waals surface area contributed by atoms with Crippen LogP contribution in [0.1, 0.15) is 41.7 Å². The Morgan fingerprint density at radius 3 is 2.35 bits per heavy atom. The normalized spacial score (nSPS) is 29.4. The van der Waals surface area contributed by atoms with Crippen LogP contribution < -0.4 is 0 Å². The van der Waals surface area contributed by atoms with Gasteiger partial charge in [0.05, 0.1) is 17.8 Å². The zero-order valence-corrected chi connectivity index (χ0v) is 10.7. The summed E-state index contributed by atoms with van der Waals surface area (Å²) in [6, 6.07) is 2.08. The van der Waals surface area contributed by atoms with E-state index in [0.29, 0.717) is 12.8 Å². The summed E-state index contributed by atoms with van der Waals surface area (Å²) in [5.74, 6) is -0.343. The van der Waals surface area contributed by atoms with E-state index in [2.05, 4.69) is 4.98 Å². The van der Waals surface area contributed by atoms with Crippen molar-refractivity contribution in [3.05, 3.63) is 29.6 Å². The summed E-state index contributed by atoms with van der Waals surface area (Å²) in [5, 5.41) is 0. The van der Waals surface area contributed by atoms with E-state index >= 15 is 0 Å². The van der Waals surface area contributed by atoms with E-state index in [4.69, 9.17) is 4.74 Å². The van der Waals surface area contributed by atoms with Crippen molar-refractivity contribution in [1.29, 1.82) is 0 Å². The van der Waals surface area contributed by atoms with Crippen LogP contribution in [-0.4, -0.2) is 23.0 Å². The summed E-state index contributed by atoms with van der Waals surface area (Å²) in [6.45, 7) is 0. The van der Waals surface area contributed by atoms with Crippen LogP contribution in [0.3, 0.4) is 0 Å². The Morgan fingerprint density at radius 2 is 1.85 bits per heavy atom. The van der Waals surface area contributed by atoms with Crippen LogP contribution in [0.2, 0.25) is 0 Å². The van der Waals surface area contributed by atoms with Crippen LogP contribution in [0, 0.1) is 5.92 Å². The van der Waals surface area contributed by atoms with Gasteiger partial charge in [-0.2, -0.15) is 13.2 Å². The number of Topliss-reactive ketones (excluding diaryl/α,β-unsaturated/α-hetero) is 1. The highest BCUT2D eigenvalue weighted by atomic mass is 19.4. The lowest BCUT2D eigenvalue weighted by molar-refractivity contribution is -0.137. The van der Waals surface area contributed by atoms with Crippen molar-refractivity contribution in [2.75, 3.05) is 0 Å². The molecule has 3 nitrogen and oxygen atoms in total. The number of alkyl halides is 3. The number of carbonyl (C=O) groups is 1. The SMILES string of the molecule is O=C(c1ccc(C(F)(F)F)cn1)C1CC2CCC(C1)O2. The summed E-state index contributed by atoms with van der Waals surface area (Å²) >= 11 is 0. The highest BCUT2D eigenvalue weighted by Crippen LogP contribution is 2.37. The highest BCUT2D eigenvalue weighted by Gasteiger charge is 2.38. The smallest absolute Gasteiger partial charge is 0.375 e. The lowest BCUT2D eigenvalue weighted by Crippen LogP contribution is -2.30. The van der Waals surface area contributed by atoms with Gasteiger partial charge in [0.25, 0.3) is 0 Å². The molecular weight excluding hydrogens is 271 g/mol. The van der Waals surface area contributed by atoms with Gasteiger partial charge in [-0.3, -0.25) is 9.78 Å². The van der Waals surface area contributed by atoms with Crippen LogP contribution in [0.5, 0.6) is 0 Å². The maximum Gasteiger partial charge on any atom is 0.417 e. The van der Waals surface area contributed by atoms with Crippen molar-refractivity contribution >= 4 is 5.78 Å². The van der Waals surface area contributed by atoms with Crippen molar-refractivity contribution in [2.24, 2.45) is 5.92 Å². The lowest BCUT2D eigenvalue weighted by atomic mass is 9.89. The Hall–Kier alpha value is -1.43.